The Morgan fingerprint density at radius 3 is 1.87 bits per heavy atom. The molecule has 1 aliphatic rings. The maximum Gasteiger partial charge on any atom is 0.143 e. The third-order valence-corrected chi connectivity index (χ3v) is 14.3. The maximum absolute atomic E-state index is 6.66. The Bertz CT molecular complexity index is 3890. The lowest BCUT2D eigenvalue weighted by molar-refractivity contribution is 0.660. The average Bonchev–Trinajstić information content (AvgIpc) is 4.01. The van der Waals surface area contributed by atoms with E-state index in [1.165, 1.54) is 66.4 Å². The first-order valence-electron chi connectivity index (χ1n) is 23.3. The molecule has 318 valence electrons. The van der Waals surface area contributed by atoms with Gasteiger partial charge in [0.1, 0.15) is 11.2 Å². The predicted octanol–water partition coefficient (Wildman–Crippen LogP) is 17.3. The molecule has 12 aromatic rings. The molecule has 2 heterocycles. The quantitative estimate of drug-likeness (QED) is 0.152. The molecule has 0 unspecified atom stereocenters. The van der Waals surface area contributed by atoms with Gasteiger partial charge in [-0.3, -0.25) is 0 Å². The van der Waals surface area contributed by atoms with Crippen LogP contribution >= 0.6 is 0 Å². The summed E-state index contributed by atoms with van der Waals surface area (Å²) < 4.78 is 9.15. The topological polar surface area (TPSA) is 21.3 Å². The van der Waals surface area contributed by atoms with Crippen LogP contribution in [0.15, 0.2) is 235 Å². The summed E-state index contributed by atoms with van der Waals surface area (Å²) in [5.74, 6) is 0. The molecule has 0 atom stereocenters. The summed E-state index contributed by atoms with van der Waals surface area (Å²) in [5.41, 5.74) is 21.0. The van der Waals surface area contributed by atoms with E-state index >= 15 is 0 Å². The zero-order chi connectivity index (χ0) is 44.6. The second-order valence-corrected chi connectivity index (χ2v) is 18.4. The molecule has 0 aliphatic heterocycles. The van der Waals surface area contributed by atoms with E-state index in [0.717, 1.165) is 55.6 Å². The van der Waals surface area contributed by atoms with Crippen molar-refractivity contribution >= 4 is 55.1 Å². The van der Waals surface area contributed by atoms with Crippen molar-refractivity contribution in [2.75, 3.05) is 4.90 Å². The standard InChI is InChI=1S/C64H46N2O/c1-64(2)57-31-14-10-25-49(57)50-37-35-44(39-58(50)64)65(41-43-21-6-7-23-47(43)55-29-18-30-56-54-28-13-17-34-62(54)67-63(55)56)45-36-38-53-52-27-12-16-33-60(52)66(61(53)40-45)59-32-15-11-26-51(59)48-24-9-8-22-46(48)42-19-4-3-5-20-42/h3-40H,41H2,1-2H3. The van der Waals surface area contributed by atoms with Gasteiger partial charge in [0.15, 0.2) is 0 Å². The lowest BCUT2D eigenvalue weighted by Gasteiger charge is -2.29. The molecule has 0 radical (unpaired) electrons. The molecule has 0 saturated heterocycles. The van der Waals surface area contributed by atoms with E-state index in [1.807, 2.05) is 6.07 Å². The van der Waals surface area contributed by atoms with E-state index in [1.54, 1.807) is 0 Å². The van der Waals surface area contributed by atoms with Crippen LogP contribution in [0.4, 0.5) is 11.4 Å². The van der Waals surface area contributed by atoms with Crippen molar-refractivity contribution in [2.45, 2.75) is 25.8 Å². The average molecular weight is 859 g/mol. The Morgan fingerprint density at radius 1 is 0.403 bits per heavy atom. The van der Waals surface area contributed by atoms with Crippen molar-refractivity contribution in [3.05, 3.63) is 247 Å². The molecule has 10 aromatic carbocycles. The minimum Gasteiger partial charge on any atom is -0.455 e. The number of hydrogen-bond acceptors (Lipinski definition) is 2. The molecule has 67 heavy (non-hydrogen) atoms. The Labute approximate surface area is 390 Å². The highest BCUT2D eigenvalue weighted by molar-refractivity contribution is 6.12. The van der Waals surface area contributed by atoms with Crippen LogP contribution < -0.4 is 4.90 Å². The number of fused-ring (bicyclic) bond motifs is 9. The summed E-state index contributed by atoms with van der Waals surface area (Å²) >= 11 is 0. The number of anilines is 2. The molecule has 1 aliphatic carbocycles. The highest BCUT2D eigenvalue weighted by Crippen LogP contribution is 2.51. The first-order chi connectivity index (χ1) is 33.0. The van der Waals surface area contributed by atoms with Gasteiger partial charge in [-0.15, -0.1) is 0 Å². The van der Waals surface area contributed by atoms with Gasteiger partial charge in [0.25, 0.3) is 0 Å². The molecular formula is C64H46N2O. The fourth-order valence-electron chi connectivity index (χ4n) is 11.1. The van der Waals surface area contributed by atoms with Gasteiger partial charge >= 0.3 is 0 Å². The van der Waals surface area contributed by atoms with Crippen molar-refractivity contribution in [3.8, 4) is 50.2 Å². The monoisotopic (exact) mass is 858 g/mol. The SMILES string of the molecule is CC1(C)c2ccccc2-c2ccc(N(Cc3ccccc3-c3cccc4c3oc3ccccc34)c3ccc4c5ccccc5n(-c5ccccc5-c5ccccc5-c5ccccc5)c4c3)cc21. The van der Waals surface area contributed by atoms with Gasteiger partial charge in [-0.1, -0.05) is 202 Å². The van der Waals surface area contributed by atoms with Crippen molar-refractivity contribution in [1.82, 2.24) is 4.57 Å². The molecular weight excluding hydrogens is 813 g/mol. The fraction of sp³-hybridized carbons (Fsp3) is 0.0625. The first-order valence-corrected chi connectivity index (χ1v) is 23.3. The number of furan rings is 1. The molecule has 0 amide bonds. The molecule has 13 rings (SSSR count). The van der Waals surface area contributed by atoms with E-state index < -0.39 is 0 Å². The van der Waals surface area contributed by atoms with E-state index in [4.69, 9.17) is 4.42 Å². The summed E-state index contributed by atoms with van der Waals surface area (Å²) in [6.45, 7) is 5.37. The van der Waals surface area contributed by atoms with Crippen LogP contribution in [0.25, 0.3) is 93.9 Å². The number of para-hydroxylation sites is 4. The Kier molecular flexibility index (Phi) is 8.94. The Morgan fingerprint density at radius 2 is 1.00 bits per heavy atom. The number of rotatable bonds is 8. The molecule has 0 saturated carbocycles. The van der Waals surface area contributed by atoms with Gasteiger partial charge in [0.2, 0.25) is 0 Å². The predicted molar refractivity (Wildman–Crippen MR) is 281 cm³/mol. The Balaban J connectivity index is 1.03. The lowest BCUT2D eigenvalue weighted by Crippen LogP contribution is -2.19. The number of aromatic nitrogens is 1. The van der Waals surface area contributed by atoms with E-state index in [9.17, 15) is 0 Å². The summed E-state index contributed by atoms with van der Waals surface area (Å²) in [7, 11) is 0. The lowest BCUT2D eigenvalue weighted by atomic mass is 9.82. The van der Waals surface area contributed by atoms with Crippen molar-refractivity contribution in [2.24, 2.45) is 0 Å². The highest BCUT2D eigenvalue weighted by Gasteiger charge is 2.36. The van der Waals surface area contributed by atoms with E-state index in [2.05, 4.69) is 248 Å². The van der Waals surface area contributed by atoms with Crippen molar-refractivity contribution < 1.29 is 4.42 Å². The van der Waals surface area contributed by atoms with Crippen LogP contribution in [0, 0.1) is 0 Å². The fourth-order valence-corrected chi connectivity index (χ4v) is 11.1. The van der Waals surface area contributed by atoms with Gasteiger partial charge in [-0.2, -0.15) is 0 Å². The van der Waals surface area contributed by atoms with Crippen molar-refractivity contribution in [3.63, 3.8) is 0 Å². The summed E-state index contributed by atoms with van der Waals surface area (Å²) in [4.78, 5) is 2.52. The highest BCUT2D eigenvalue weighted by atomic mass is 16.3. The molecule has 0 fully saturated rings. The Hall–Kier alpha value is -8.40. The molecule has 3 nitrogen and oxygen atoms in total. The van der Waals surface area contributed by atoms with Gasteiger partial charge in [0, 0.05) is 56.0 Å². The second-order valence-electron chi connectivity index (χ2n) is 18.4. The summed E-state index contributed by atoms with van der Waals surface area (Å²) in [6, 6.07) is 84.2. The molecule has 2 aromatic heterocycles. The summed E-state index contributed by atoms with van der Waals surface area (Å²) in [6.07, 6.45) is 0. The molecule has 3 heteroatoms. The third kappa shape index (κ3) is 6.19. The number of benzene rings is 10. The number of nitrogens with zero attached hydrogens (tertiary/aromatic N) is 2. The minimum atomic E-state index is -0.154. The van der Waals surface area contributed by atoms with Crippen molar-refractivity contribution in [1.29, 1.82) is 0 Å². The van der Waals surface area contributed by atoms with Gasteiger partial charge in [-0.05, 0) is 92.5 Å². The van der Waals surface area contributed by atoms with E-state index in [0.29, 0.717) is 6.54 Å². The summed E-state index contributed by atoms with van der Waals surface area (Å²) in [5, 5.41) is 4.70. The van der Waals surface area contributed by atoms with Crippen LogP contribution in [-0.2, 0) is 12.0 Å². The minimum absolute atomic E-state index is 0.154. The second kappa shape index (κ2) is 15.4. The van der Waals surface area contributed by atoms with Crippen LogP contribution in [0.5, 0.6) is 0 Å². The molecule has 0 bridgehead atoms. The van der Waals surface area contributed by atoms with E-state index in [-0.39, 0.29) is 5.41 Å². The van der Waals surface area contributed by atoms with Gasteiger partial charge in [0.05, 0.1) is 16.7 Å². The van der Waals surface area contributed by atoms with Gasteiger partial charge in [-0.25, -0.2) is 0 Å². The maximum atomic E-state index is 6.66. The van der Waals surface area contributed by atoms with Crippen LogP contribution in [0.3, 0.4) is 0 Å². The number of hydrogen-bond donors (Lipinski definition) is 0. The largest absolute Gasteiger partial charge is 0.455 e. The van der Waals surface area contributed by atoms with Gasteiger partial charge < -0.3 is 13.9 Å². The van der Waals surface area contributed by atoms with Crippen LogP contribution in [0.1, 0.15) is 30.5 Å². The smallest absolute Gasteiger partial charge is 0.143 e. The molecule has 0 spiro atoms. The molecule has 0 N–H and O–H groups in total. The van der Waals surface area contributed by atoms with Crippen LogP contribution in [-0.4, -0.2) is 4.57 Å². The van der Waals surface area contributed by atoms with Crippen LogP contribution in [0.2, 0.25) is 0 Å². The first kappa shape index (κ1) is 39.0. The normalized spacial score (nSPS) is 12.8. The zero-order valence-electron chi connectivity index (χ0n) is 37.4. The third-order valence-electron chi connectivity index (χ3n) is 14.3. The zero-order valence-corrected chi connectivity index (χ0v) is 37.4.